The first-order valence-electron chi connectivity index (χ1n) is 14.6. The fourth-order valence-corrected chi connectivity index (χ4v) is 8.20. The Morgan fingerprint density at radius 3 is 2.71 bits per heavy atom. The van der Waals surface area contributed by atoms with Gasteiger partial charge in [-0.15, -0.1) is 23.1 Å². The number of thioether (sulfide) groups is 1. The van der Waals surface area contributed by atoms with Gasteiger partial charge in [-0.05, 0) is 44.7 Å². The maximum atomic E-state index is 13.6. The van der Waals surface area contributed by atoms with Crippen molar-refractivity contribution >= 4 is 81.1 Å². The Bertz CT molecular complexity index is 1900. The lowest BCUT2D eigenvalue weighted by molar-refractivity contribution is -0.146. The third-order valence-corrected chi connectivity index (χ3v) is 10.3. The number of hydrogen-bond donors (Lipinski definition) is 4. The van der Waals surface area contributed by atoms with Crippen LogP contribution in [0, 0.1) is 6.92 Å². The van der Waals surface area contributed by atoms with E-state index in [1.54, 1.807) is 9.90 Å². The summed E-state index contributed by atoms with van der Waals surface area (Å²) in [5.41, 5.74) is 7.86. The minimum Gasteiger partial charge on any atom is -0.478 e. The second kappa shape index (κ2) is 14.6. The van der Waals surface area contributed by atoms with Gasteiger partial charge >= 0.3 is 11.9 Å². The molecule has 0 aliphatic carbocycles. The van der Waals surface area contributed by atoms with Crippen LogP contribution in [-0.2, 0) is 30.4 Å². The second-order valence-corrected chi connectivity index (χ2v) is 13.4. The summed E-state index contributed by atoms with van der Waals surface area (Å²) in [5, 5.41) is 33.1. The van der Waals surface area contributed by atoms with Crippen LogP contribution in [-0.4, -0.2) is 98.3 Å². The van der Waals surface area contributed by atoms with E-state index in [1.165, 1.54) is 42.4 Å². The first kappa shape index (κ1) is 34.6. The summed E-state index contributed by atoms with van der Waals surface area (Å²) in [4.78, 5) is 69.3. The van der Waals surface area contributed by atoms with Crippen LogP contribution >= 0.6 is 35.3 Å². The number of aryl methyl sites for hydroxylation is 1. The van der Waals surface area contributed by atoms with Crippen LogP contribution in [0.2, 0.25) is 0 Å². The number of oxime groups is 1. The number of carbonyl (C=O) groups excluding carboxylic acids is 2. The van der Waals surface area contributed by atoms with Crippen molar-refractivity contribution in [2.45, 2.75) is 62.6 Å². The van der Waals surface area contributed by atoms with Gasteiger partial charge in [0.05, 0.1) is 17.0 Å². The van der Waals surface area contributed by atoms with Crippen molar-refractivity contribution < 1.29 is 34.2 Å². The number of aliphatic carboxylic acids is 2. The highest BCUT2D eigenvalue weighted by atomic mass is 32.2. The molecule has 0 saturated carbocycles. The zero-order valence-electron chi connectivity index (χ0n) is 25.9. The largest absolute Gasteiger partial charge is 0.478 e. The molecule has 1 unspecified atom stereocenters. The lowest BCUT2D eigenvalue weighted by atomic mass is 9.92. The van der Waals surface area contributed by atoms with E-state index in [1.807, 2.05) is 13.0 Å². The van der Waals surface area contributed by atoms with Gasteiger partial charge in [0, 0.05) is 45.7 Å². The van der Waals surface area contributed by atoms with E-state index in [9.17, 15) is 29.4 Å². The molecule has 0 bridgehead atoms. The third kappa shape index (κ3) is 7.07. The smallest absolute Gasteiger partial charge is 0.353 e. The first-order chi connectivity index (χ1) is 22.9. The first-order valence-corrected chi connectivity index (χ1v) is 16.9. The third-order valence-electron chi connectivity index (χ3n) is 7.85. The van der Waals surface area contributed by atoms with Crippen molar-refractivity contribution in [3.63, 3.8) is 0 Å². The molecule has 19 heteroatoms. The van der Waals surface area contributed by atoms with Crippen molar-refractivity contribution in [3.8, 4) is 0 Å². The molecular formula is C29H31N9O7S3. The van der Waals surface area contributed by atoms with Crippen LogP contribution < -0.4 is 11.1 Å². The van der Waals surface area contributed by atoms with E-state index in [4.69, 9.17) is 22.8 Å². The van der Waals surface area contributed by atoms with Gasteiger partial charge in [-0.3, -0.25) is 14.5 Å². The van der Waals surface area contributed by atoms with Gasteiger partial charge in [0.15, 0.2) is 10.8 Å². The van der Waals surface area contributed by atoms with Crippen LogP contribution in [0.1, 0.15) is 49.7 Å². The summed E-state index contributed by atoms with van der Waals surface area (Å²) in [6.07, 6.45) is 2.77. The number of nitrogen functional groups attached to an aromatic ring is 1. The molecule has 48 heavy (non-hydrogen) atoms. The molecule has 0 radical (unpaired) electrons. The van der Waals surface area contributed by atoms with Gasteiger partial charge in [0.1, 0.15) is 24.8 Å². The molecule has 5 heterocycles. The topological polar surface area (TPSA) is 228 Å². The van der Waals surface area contributed by atoms with Crippen LogP contribution in [0.4, 0.5) is 5.13 Å². The van der Waals surface area contributed by atoms with Gasteiger partial charge in [-0.2, -0.15) is 10.1 Å². The van der Waals surface area contributed by atoms with Crippen LogP contribution in [0.25, 0.3) is 5.78 Å². The van der Waals surface area contributed by atoms with Crippen molar-refractivity contribution in [1.82, 2.24) is 34.8 Å². The van der Waals surface area contributed by atoms with E-state index in [0.717, 1.165) is 17.0 Å². The van der Waals surface area contributed by atoms with Crippen molar-refractivity contribution in [3.05, 3.63) is 57.3 Å². The van der Waals surface area contributed by atoms with Crippen molar-refractivity contribution in [1.29, 1.82) is 0 Å². The predicted molar refractivity (Wildman–Crippen MR) is 180 cm³/mol. The number of anilines is 1. The lowest BCUT2D eigenvalue weighted by Gasteiger charge is -2.46. The highest BCUT2D eigenvalue weighted by Gasteiger charge is 2.49. The molecule has 2 aliphatic rings. The van der Waals surface area contributed by atoms with E-state index in [-0.39, 0.29) is 58.6 Å². The van der Waals surface area contributed by atoms with Gasteiger partial charge in [0.25, 0.3) is 11.7 Å². The number of thiocarbonyl (C=S) groups is 1. The number of nitrogens with two attached hydrogens (primary N) is 1. The molecule has 1 fully saturated rings. The average Bonchev–Trinajstić information content (AvgIpc) is 3.69. The second-order valence-electron chi connectivity index (χ2n) is 10.9. The number of β-lactam (4-membered cyclic amide) rings is 1. The quantitative estimate of drug-likeness (QED) is 0.0617. The fourth-order valence-electron chi connectivity index (χ4n) is 5.64. The Morgan fingerprint density at radius 1 is 1.31 bits per heavy atom. The van der Waals surface area contributed by atoms with Crippen molar-refractivity contribution in [2.75, 3.05) is 12.8 Å². The number of hydrogen-bond acceptors (Lipinski definition) is 14. The van der Waals surface area contributed by atoms with Gasteiger partial charge in [-0.25, -0.2) is 24.1 Å². The summed E-state index contributed by atoms with van der Waals surface area (Å²) in [5.74, 6) is -2.98. The highest BCUT2D eigenvalue weighted by Crippen LogP contribution is 2.47. The monoisotopic (exact) mass is 713 g/mol. The molecule has 3 atom stereocenters. The highest BCUT2D eigenvalue weighted by molar-refractivity contribution is 8.01. The molecular weight excluding hydrogens is 683 g/mol. The maximum absolute atomic E-state index is 13.6. The molecule has 5 rings (SSSR count). The van der Waals surface area contributed by atoms with E-state index < -0.39 is 34.5 Å². The molecule has 252 valence electrons. The molecule has 0 aromatic carbocycles. The SMILES string of the molecule is CO/N=C(\C(=O)N[C@H](CCCC(=C(C)C(=O)O)C1S[C@@H]2CC(=O)N2C(C(=O)O)=C1C=S)Cc1cc(C)nc2ncnn12)c1csc(N)n1. The number of amides is 2. The van der Waals surface area contributed by atoms with Gasteiger partial charge < -0.3 is 26.1 Å². The van der Waals surface area contributed by atoms with Crippen molar-refractivity contribution in [2.24, 2.45) is 5.16 Å². The number of carboxylic acid groups (broad SMARTS) is 2. The van der Waals surface area contributed by atoms with E-state index in [2.05, 4.69) is 30.5 Å². The Hall–Kier alpha value is -4.75. The molecule has 3 aromatic heterocycles. The summed E-state index contributed by atoms with van der Waals surface area (Å²) < 4.78 is 1.57. The standard InChI is InChI=1S/C29H31N9O7S3/c1-13-7-16(38-29(33-13)31-12-32-38)8-15(34-25(40)22(36-45-3)19-11-47-28(30)35-19)5-4-6-17(14(2)26(41)42)24-18(10-46)23(27(43)44)37-20(39)9-21(37)48-24/h7,10-12,15,21,24H,4-6,8-9H2,1-3H3,(H2,30,35)(H,34,40)(H,41,42)(H,43,44)/b17-14?,36-22-/t15-,21-,24?/m1/s1. The van der Waals surface area contributed by atoms with E-state index >= 15 is 0 Å². The number of aromatic nitrogens is 5. The molecule has 5 N–H and O–H groups in total. The normalized spacial score (nSPS) is 18.9. The zero-order chi connectivity index (χ0) is 34.7. The minimum atomic E-state index is -1.31. The number of thiazole rings is 1. The maximum Gasteiger partial charge on any atom is 0.353 e. The van der Waals surface area contributed by atoms with Crippen LogP contribution in [0.15, 0.2) is 45.3 Å². The Kier molecular flexibility index (Phi) is 10.5. The van der Waals surface area contributed by atoms with Crippen LogP contribution in [0.3, 0.4) is 0 Å². The molecule has 1 saturated heterocycles. The number of rotatable bonds is 14. The molecule has 0 spiro atoms. The van der Waals surface area contributed by atoms with Crippen LogP contribution in [0.5, 0.6) is 0 Å². The Balaban J connectivity index is 1.45. The minimum absolute atomic E-state index is 0.0518. The Labute approximate surface area is 287 Å². The molecule has 3 aromatic rings. The number of carboxylic acids is 2. The van der Waals surface area contributed by atoms with E-state index in [0.29, 0.717) is 29.9 Å². The summed E-state index contributed by atoms with van der Waals surface area (Å²) >= 11 is 7.65. The average molecular weight is 714 g/mol. The molecule has 16 nitrogen and oxygen atoms in total. The molecule has 2 amide bonds. The predicted octanol–water partition coefficient (Wildman–Crippen LogP) is 2.13. The fraction of sp³-hybridized carbons (Fsp3) is 0.379. The summed E-state index contributed by atoms with van der Waals surface area (Å²) in [7, 11) is 1.31. The number of nitrogens with one attached hydrogen (secondary N) is 1. The number of fused-ring (bicyclic) bond motifs is 2. The van der Waals surface area contributed by atoms with Gasteiger partial charge in [-0.1, -0.05) is 17.4 Å². The summed E-state index contributed by atoms with van der Waals surface area (Å²) in [6, 6.07) is 1.30. The Morgan fingerprint density at radius 2 is 2.08 bits per heavy atom. The van der Waals surface area contributed by atoms with Gasteiger partial charge in [0.2, 0.25) is 5.91 Å². The lowest BCUT2D eigenvalue weighted by Crippen LogP contribution is -2.55. The summed E-state index contributed by atoms with van der Waals surface area (Å²) in [6.45, 7) is 3.28. The number of carbonyl (C=O) groups is 4. The zero-order valence-corrected chi connectivity index (χ0v) is 28.4. The molecule has 2 aliphatic heterocycles. The number of nitrogens with zero attached hydrogens (tertiary/aromatic N) is 7.